The average Bonchev–Trinajstić information content (AvgIpc) is 2.97. The van der Waals surface area contributed by atoms with Crippen molar-refractivity contribution in [1.29, 1.82) is 5.26 Å². The van der Waals surface area contributed by atoms with Gasteiger partial charge in [-0.15, -0.1) is 11.3 Å². The van der Waals surface area contributed by atoms with Crippen LogP contribution in [0.4, 0.5) is 5.69 Å². The Hall–Kier alpha value is -2.38. The average molecular weight is 312 g/mol. The van der Waals surface area contributed by atoms with Gasteiger partial charge in [-0.3, -0.25) is 14.2 Å². The summed E-state index contributed by atoms with van der Waals surface area (Å²) in [5, 5.41) is 21.0. The van der Waals surface area contributed by atoms with E-state index in [-0.39, 0.29) is 21.3 Å². The molecule has 0 fully saturated rings. The second kappa shape index (κ2) is 5.32. The number of carboxylic acid groups (broad SMARTS) is 1. The normalized spacial score (nSPS) is 10.9. The maximum absolute atomic E-state index is 12.0. The minimum absolute atomic E-state index is 0.0000320. The Morgan fingerprint density at radius 3 is 2.90 bits per heavy atom. The van der Waals surface area contributed by atoms with Gasteiger partial charge >= 0.3 is 5.97 Å². The number of anilines is 1. The van der Waals surface area contributed by atoms with Crippen LogP contribution in [0, 0.1) is 11.3 Å². The molecule has 20 heavy (non-hydrogen) atoms. The van der Waals surface area contributed by atoms with Crippen molar-refractivity contribution in [3.05, 3.63) is 29.4 Å². The van der Waals surface area contributed by atoms with E-state index in [4.69, 9.17) is 10.4 Å². The Kier molecular flexibility index (Phi) is 3.73. The molecule has 0 spiro atoms. The number of hydrogen-bond donors (Lipinski definition) is 2. The van der Waals surface area contributed by atoms with Gasteiger partial charge in [-0.1, -0.05) is 0 Å². The number of aromatic nitrogens is 2. The van der Waals surface area contributed by atoms with Crippen molar-refractivity contribution in [2.45, 2.75) is 10.8 Å². The Morgan fingerprint density at radius 1 is 1.55 bits per heavy atom. The van der Waals surface area contributed by atoms with Gasteiger partial charge in [-0.05, 0) is 12.1 Å². The number of aliphatic carboxylic acids is 1. The van der Waals surface area contributed by atoms with Crippen LogP contribution < -0.4 is 4.72 Å². The Labute approximate surface area is 117 Å². The van der Waals surface area contributed by atoms with E-state index in [0.717, 1.165) is 16.0 Å². The van der Waals surface area contributed by atoms with Crippen molar-refractivity contribution in [3.63, 3.8) is 0 Å². The third kappa shape index (κ3) is 3.14. The number of sulfonamides is 1. The first kappa shape index (κ1) is 14.0. The zero-order chi connectivity index (χ0) is 14.8. The van der Waals surface area contributed by atoms with Gasteiger partial charge in [0.1, 0.15) is 21.7 Å². The molecular weight excluding hydrogens is 304 g/mol. The summed E-state index contributed by atoms with van der Waals surface area (Å²) >= 11 is 0.844. The molecule has 8 nitrogen and oxygen atoms in total. The first-order chi connectivity index (χ1) is 9.40. The molecule has 0 aliphatic carbocycles. The van der Waals surface area contributed by atoms with Gasteiger partial charge in [0.2, 0.25) is 0 Å². The summed E-state index contributed by atoms with van der Waals surface area (Å²) < 4.78 is 27.4. The van der Waals surface area contributed by atoms with Crippen LogP contribution in [-0.4, -0.2) is 29.3 Å². The van der Waals surface area contributed by atoms with Crippen LogP contribution in [0.3, 0.4) is 0 Å². The molecule has 0 aliphatic heterocycles. The summed E-state index contributed by atoms with van der Waals surface area (Å²) in [6.07, 6.45) is 2.48. The van der Waals surface area contributed by atoms with Gasteiger partial charge in [-0.2, -0.15) is 10.4 Å². The van der Waals surface area contributed by atoms with Gasteiger partial charge < -0.3 is 5.11 Å². The predicted molar refractivity (Wildman–Crippen MR) is 69.7 cm³/mol. The van der Waals surface area contributed by atoms with E-state index in [1.807, 2.05) is 6.07 Å². The lowest BCUT2D eigenvalue weighted by Gasteiger charge is -2.02. The summed E-state index contributed by atoms with van der Waals surface area (Å²) in [5.74, 6) is -1.08. The minimum Gasteiger partial charge on any atom is -0.480 e. The van der Waals surface area contributed by atoms with Crippen molar-refractivity contribution < 1.29 is 18.3 Å². The Morgan fingerprint density at radius 2 is 2.30 bits per heavy atom. The van der Waals surface area contributed by atoms with Gasteiger partial charge in [0.25, 0.3) is 10.0 Å². The first-order valence-corrected chi connectivity index (χ1v) is 7.48. The molecule has 104 valence electrons. The number of nitriles is 1. The van der Waals surface area contributed by atoms with Gasteiger partial charge in [0.05, 0.1) is 11.9 Å². The van der Waals surface area contributed by atoms with Gasteiger partial charge in [-0.25, -0.2) is 8.42 Å². The quantitative estimate of drug-likeness (QED) is 0.837. The van der Waals surface area contributed by atoms with Crippen molar-refractivity contribution in [3.8, 4) is 6.07 Å². The monoisotopic (exact) mass is 312 g/mol. The van der Waals surface area contributed by atoms with Crippen LogP contribution in [0.5, 0.6) is 0 Å². The van der Waals surface area contributed by atoms with Crippen LogP contribution in [0.2, 0.25) is 0 Å². The number of carboxylic acids is 1. The predicted octanol–water partition coefficient (Wildman–Crippen LogP) is 0.702. The SMILES string of the molecule is N#Cc1ccc(S(=O)(=O)Nc2cnn(CC(=O)O)c2)s1. The third-order valence-electron chi connectivity index (χ3n) is 2.14. The highest BCUT2D eigenvalue weighted by molar-refractivity contribution is 7.94. The van der Waals surface area contributed by atoms with Crippen LogP contribution in [0.25, 0.3) is 0 Å². The zero-order valence-electron chi connectivity index (χ0n) is 9.85. The second-order valence-corrected chi connectivity index (χ2v) is 6.65. The number of nitrogens with one attached hydrogen (secondary N) is 1. The third-order valence-corrected chi connectivity index (χ3v) is 5.00. The second-order valence-electron chi connectivity index (χ2n) is 3.66. The van der Waals surface area contributed by atoms with Crippen LogP contribution >= 0.6 is 11.3 Å². The smallest absolute Gasteiger partial charge is 0.325 e. The number of nitrogens with zero attached hydrogens (tertiary/aromatic N) is 3. The minimum atomic E-state index is -3.80. The molecule has 2 N–H and O–H groups in total. The van der Waals surface area contributed by atoms with Crippen LogP contribution in [-0.2, 0) is 21.4 Å². The molecule has 0 aliphatic rings. The topological polar surface area (TPSA) is 125 Å². The molecule has 2 aromatic heterocycles. The largest absolute Gasteiger partial charge is 0.480 e. The Balaban J connectivity index is 2.18. The first-order valence-electron chi connectivity index (χ1n) is 5.18. The summed E-state index contributed by atoms with van der Waals surface area (Å²) in [5.41, 5.74) is 0.151. The lowest BCUT2D eigenvalue weighted by molar-refractivity contribution is -0.137. The van der Waals surface area contributed by atoms with Crippen LogP contribution in [0.1, 0.15) is 4.88 Å². The van der Waals surface area contributed by atoms with E-state index >= 15 is 0 Å². The van der Waals surface area contributed by atoms with Crippen molar-refractivity contribution in [1.82, 2.24) is 9.78 Å². The van der Waals surface area contributed by atoms with E-state index in [9.17, 15) is 13.2 Å². The van der Waals surface area contributed by atoms with E-state index < -0.39 is 16.0 Å². The summed E-state index contributed by atoms with van der Waals surface area (Å²) in [6, 6.07) is 4.59. The molecule has 0 atom stereocenters. The molecule has 0 saturated heterocycles. The fraction of sp³-hybridized carbons (Fsp3) is 0.100. The van der Waals surface area contributed by atoms with E-state index in [0.29, 0.717) is 0 Å². The molecule has 2 aromatic rings. The molecule has 0 saturated carbocycles. The molecule has 0 amide bonds. The molecule has 0 unspecified atom stereocenters. The number of hydrogen-bond acceptors (Lipinski definition) is 6. The molecule has 0 aromatic carbocycles. The highest BCUT2D eigenvalue weighted by Crippen LogP contribution is 2.23. The van der Waals surface area contributed by atoms with E-state index in [1.165, 1.54) is 24.5 Å². The van der Waals surface area contributed by atoms with E-state index in [1.54, 1.807) is 0 Å². The van der Waals surface area contributed by atoms with Crippen LogP contribution in [0.15, 0.2) is 28.7 Å². The maximum atomic E-state index is 12.0. The van der Waals surface area contributed by atoms with Gasteiger partial charge in [0, 0.05) is 6.20 Å². The summed E-state index contributed by atoms with van der Waals surface area (Å²) in [7, 11) is -3.80. The molecule has 2 rings (SSSR count). The summed E-state index contributed by atoms with van der Waals surface area (Å²) in [4.78, 5) is 10.8. The molecule has 10 heteroatoms. The fourth-order valence-corrected chi connectivity index (χ4v) is 3.50. The highest BCUT2D eigenvalue weighted by Gasteiger charge is 2.18. The lowest BCUT2D eigenvalue weighted by Crippen LogP contribution is -2.11. The van der Waals surface area contributed by atoms with Crippen molar-refractivity contribution >= 4 is 33.0 Å². The Bertz CT molecular complexity index is 784. The molecule has 2 heterocycles. The molecule has 0 bridgehead atoms. The molecular formula is C10H8N4O4S2. The number of rotatable bonds is 5. The molecule has 0 radical (unpaired) electrons. The van der Waals surface area contributed by atoms with E-state index in [2.05, 4.69) is 9.82 Å². The van der Waals surface area contributed by atoms with Gasteiger partial charge in [0.15, 0.2) is 0 Å². The maximum Gasteiger partial charge on any atom is 0.325 e. The summed E-state index contributed by atoms with van der Waals surface area (Å²) in [6.45, 7) is -0.362. The number of carbonyl (C=O) groups is 1. The van der Waals surface area contributed by atoms with Crippen molar-refractivity contribution in [2.75, 3.05) is 4.72 Å². The zero-order valence-corrected chi connectivity index (χ0v) is 11.5. The van der Waals surface area contributed by atoms with Crippen molar-refractivity contribution in [2.24, 2.45) is 0 Å². The lowest BCUT2D eigenvalue weighted by atomic mass is 10.5. The number of thiophene rings is 1. The highest BCUT2D eigenvalue weighted by atomic mass is 32.2. The standard InChI is InChI=1S/C10H8N4O4S2/c11-3-8-1-2-10(19-8)20(17,18)13-7-4-12-14(5-7)6-9(15)16/h1-2,4-5,13H,6H2,(H,15,16). The fourth-order valence-electron chi connectivity index (χ4n) is 1.37.